The van der Waals surface area contributed by atoms with Crippen LogP contribution in [0.2, 0.25) is 0 Å². The zero-order valence-electron chi connectivity index (χ0n) is 10.2. The highest BCUT2D eigenvalue weighted by Gasteiger charge is 2.22. The molecule has 0 aromatic rings. The molecule has 2 amide bonds. The van der Waals surface area contributed by atoms with Crippen molar-refractivity contribution in [3.8, 4) is 0 Å². The first-order valence-corrected chi connectivity index (χ1v) is 5.81. The van der Waals surface area contributed by atoms with Gasteiger partial charge in [0.2, 0.25) is 11.8 Å². The molecule has 0 saturated carbocycles. The van der Waals surface area contributed by atoms with E-state index in [4.69, 9.17) is 11.5 Å². The zero-order chi connectivity index (χ0) is 12.6. The first kappa shape index (κ1) is 14.9. The third kappa shape index (κ3) is 5.70. The van der Waals surface area contributed by atoms with Crippen molar-refractivity contribution in [1.82, 2.24) is 5.32 Å². The van der Waals surface area contributed by atoms with E-state index in [-0.39, 0.29) is 11.8 Å². The highest BCUT2D eigenvalue weighted by Crippen LogP contribution is 2.07. The molecule has 0 saturated heterocycles. The van der Waals surface area contributed by atoms with E-state index in [2.05, 4.69) is 5.32 Å². The molecular weight excluding hydrogens is 206 g/mol. The molecule has 0 fully saturated rings. The van der Waals surface area contributed by atoms with Crippen LogP contribution in [-0.2, 0) is 9.59 Å². The number of carbonyl (C=O) groups excluding carboxylic acids is 2. The average molecular weight is 229 g/mol. The number of nitrogens with one attached hydrogen (secondary N) is 1. The molecule has 0 aromatic carbocycles. The smallest absolute Gasteiger partial charge is 0.240 e. The largest absolute Gasteiger partial charge is 0.368 e. The van der Waals surface area contributed by atoms with Gasteiger partial charge in [0.25, 0.3) is 0 Å². The van der Waals surface area contributed by atoms with Crippen LogP contribution in [0.3, 0.4) is 0 Å². The summed E-state index contributed by atoms with van der Waals surface area (Å²) < 4.78 is 0. The lowest BCUT2D eigenvalue weighted by molar-refractivity contribution is -0.128. The van der Waals surface area contributed by atoms with Gasteiger partial charge in [0.05, 0.1) is 0 Å². The molecule has 0 heterocycles. The van der Waals surface area contributed by atoms with Crippen molar-refractivity contribution in [3.05, 3.63) is 0 Å². The zero-order valence-corrected chi connectivity index (χ0v) is 10.2. The van der Waals surface area contributed by atoms with E-state index >= 15 is 0 Å². The second-order valence-electron chi connectivity index (χ2n) is 4.08. The highest BCUT2D eigenvalue weighted by molar-refractivity contribution is 5.86. The van der Waals surface area contributed by atoms with Gasteiger partial charge in [-0.25, -0.2) is 0 Å². The maximum absolute atomic E-state index is 11.5. The molecule has 0 aromatic heterocycles. The summed E-state index contributed by atoms with van der Waals surface area (Å²) in [6.07, 6.45) is 2.76. The predicted octanol–water partition coefficient (Wildman–Crippen LogP) is 0.132. The summed E-state index contributed by atoms with van der Waals surface area (Å²) in [6.45, 7) is 4.44. The van der Waals surface area contributed by atoms with Gasteiger partial charge in [-0.3, -0.25) is 9.59 Å². The number of rotatable bonds is 8. The molecule has 16 heavy (non-hydrogen) atoms. The standard InChI is InChI=1S/C11H23N3O2/c1-3-8(2)10(11(13)16)14-9(15)6-4-5-7-12/h8,10H,3-7,12H2,1-2H3,(H2,13,16)(H,14,15)/t8-,10-/m0/s1. The fourth-order valence-corrected chi connectivity index (χ4v) is 1.41. The monoisotopic (exact) mass is 229 g/mol. The minimum absolute atomic E-state index is 0.0657. The molecule has 5 nitrogen and oxygen atoms in total. The molecule has 0 aliphatic heterocycles. The van der Waals surface area contributed by atoms with Crippen LogP contribution >= 0.6 is 0 Å². The van der Waals surface area contributed by atoms with Crippen LogP contribution in [0.5, 0.6) is 0 Å². The summed E-state index contributed by atoms with van der Waals surface area (Å²) >= 11 is 0. The minimum atomic E-state index is -0.560. The first-order chi connectivity index (χ1) is 7.52. The maximum Gasteiger partial charge on any atom is 0.240 e. The normalized spacial score (nSPS) is 14.2. The van der Waals surface area contributed by atoms with Gasteiger partial charge in [-0.2, -0.15) is 0 Å². The van der Waals surface area contributed by atoms with Gasteiger partial charge >= 0.3 is 0 Å². The lowest BCUT2D eigenvalue weighted by atomic mass is 9.98. The molecule has 0 unspecified atom stereocenters. The molecule has 5 heteroatoms. The fourth-order valence-electron chi connectivity index (χ4n) is 1.41. The van der Waals surface area contributed by atoms with Crippen molar-refractivity contribution >= 4 is 11.8 Å². The number of primary amides is 1. The quantitative estimate of drug-likeness (QED) is 0.516. The van der Waals surface area contributed by atoms with E-state index in [0.29, 0.717) is 13.0 Å². The Morgan fingerprint density at radius 3 is 2.38 bits per heavy atom. The van der Waals surface area contributed by atoms with Crippen molar-refractivity contribution in [2.75, 3.05) is 6.54 Å². The van der Waals surface area contributed by atoms with Crippen molar-refractivity contribution in [3.63, 3.8) is 0 Å². The van der Waals surface area contributed by atoms with Gasteiger partial charge < -0.3 is 16.8 Å². The number of unbranched alkanes of at least 4 members (excludes halogenated alkanes) is 1. The van der Waals surface area contributed by atoms with Crippen molar-refractivity contribution in [1.29, 1.82) is 0 Å². The lowest BCUT2D eigenvalue weighted by Crippen LogP contribution is -2.48. The third-order valence-corrected chi connectivity index (χ3v) is 2.69. The Labute approximate surface area is 96.9 Å². The van der Waals surface area contributed by atoms with E-state index in [1.807, 2.05) is 13.8 Å². The molecule has 0 rings (SSSR count). The Balaban J connectivity index is 4.09. The predicted molar refractivity (Wildman–Crippen MR) is 63.5 cm³/mol. The topological polar surface area (TPSA) is 98.2 Å². The van der Waals surface area contributed by atoms with Gasteiger partial charge in [-0.1, -0.05) is 20.3 Å². The summed E-state index contributed by atoms with van der Waals surface area (Å²) in [4.78, 5) is 22.6. The molecule has 5 N–H and O–H groups in total. The molecule has 0 aliphatic rings. The van der Waals surface area contributed by atoms with Crippen LogP contribution in [0.25, 0.3) is 0 Å². The Morgan fingerprint density at radius 1 is 1.31 bits per heavy atom. The molecule has 0 spiro atoms. The van der Waals surface area contributed by atoms with Crippen molar-refractivity contribution < 1.29 is 9.59 Å². The van der Waals surface area contributed by atoms with Crippen molar-refractivity contribution in [2.45, 2.75) is 45.6 Å². The number of nitrogens with two attached hydrogens (primary N) is 2. The highest BCUT2D eigenvalue weighted by atomic mass is 16.2. The van der Waals surface area contributed by atoms with Crippen LogP contribution in [-0.4, -0.2) is 24.4 Å². The van der Waals surface area contributed by atoms with Gasteiger partial charge in [0, 0.05) is 6.42 Å². The Morgan fingerprint density at radius 2 is 1.94 bits per heavy atom. The Hall–Kier alpha value is -1.10. The number of hydrogen-bond donors (Lipinski definition) is 3. The third-order valence-electron chi connectivity index (χ3n) is 2.69. The molecule has 0 radical (unpaired) electrons. The Bertz CT molecular complexity index is 231. The van der Waals surface area contributed by atoms with E-state index in [1.54, 1.807) is 0 Å². The second kappa shape index (κ2) is 8.10. The van der Waals surface area contributed by atoms with Crippen LogP contribution in [0.4, 0.5) is 0 Å². The summed E-state index contributed by atoms with van der Waals surface area (Å²) in [5, 5.41) is 2.67. The van der Waals surface area contributed by atoms with Gasteiger partial charge in [-0.15, -0.1) is 0 Å². The van der Waals surface area contributed by atoms with E-state index < -0.39 is 11.9 Å². The van der Waals surface area contributed by atoms with Crippen LogP contribution in [0.1, 0.15) is 39.5 Å². The SMILES string of the molecule is CC[C@H](C)[C@H](NC(=O)CCCCN)C(N)=O. The van der Waals surface area contributed by atoms with E-state index in [9.17, 15) is 9.59 Å². The summed E-state index contributed by atoms with van der Waals surface area (Å²) in [5.74, 6) is -0.532. The first-order valence-electron chi connectivity index (χ1n) is 5.81. The average Bonchev–Trinajstić information content (AvgIpc) is 2.25. The number of carbonyl (C=O) groups is 2. The molecule has 94 valence electrons. The number of amides is 2. The summed E-state index contributed by atoms with van der Waals surface area (Å²) in [7, 11) is 0. The molecule has 2 atom stereocenters. The molecule has 0 bridgehead atoms. The fraction of sp³-hybridized carbons (Fsp3) is 0.818. The van der Waals surface area contributed by atoms with Crippen LogP contribution < -0.4 is 16.8 Å². The van der Waals surface area contributed by atoms with Crippen LogP contribution in [0.15, 0.2) is 0 Å². The Kier molecular flexibility index (Phi) is 7.54. The summed E-state index contributed by atoms with van der Waals surface area (Å²) in [5.41, 5.74) is 10.6. The number of hydrogen-bond acceptors (Lipinski definition) is 3. The van der Waals surface area contributed by atoms with E-state index in [1.165, 1.54) is 0 Å². The van der Waals surface area contributed by atoms with E-state index in [0.717, 1.165) is 19.3 Å². The minimum Gasteiger partial charge on any atom is -0.368 e. The summed E-state index contributed by atoms with van der Waals surface area (Å²) in [6, 6.07) is -0.560. The van der Waals surface area contributed by atoms with Crippen molar-refractivity contribution in [2.24, 2.45) is 17.4 Å². The molecular formula is C11H23N3O2. The van der Waals surface area contributed by atoms with Gasteiger partial charge in [-0.05, 0) is 25.3 Å². The maximum atomic E-state index is 11.5. The lowest BCUT2D eigenvalue weighted by Gasteiger charge is -2.21. The van der Waals surface area contributed by atoms with Crippen LogP contribution in [0, 0.1) is 5.92 Å². The van der Waals surface area contributed by atoms with Gasteiger partial charge in [0.1, 0.15) is 6.04 Å². The molecule has 0 aliphatic carbocycles. The van der Waals surface area contributed by atoms with Gasteiger partial charge in [0.15, 0.2) is 0 Å². The second-order valence-corrected chi connectivity index (χ2v) is 4.08.